The number of amides is 2. The smallest absolute Gasteiger partial charge is 0.337 e. The summed E-state index contributed by atoms with van der Waals surface area (Å²) in [5.74, 6) is -1.72. The third kappa shape index (κ3) is 4.11. The van der Waals surface area contributed by atoms with Crippen molar-refractivity contribution in [3.8, 4) is 5.75 Å². The largest absolute Gasteiger partial charge is 0.506 e. The molecule has 8 heteroatoms. The fourth-order valence-electron chi connectivity index (χ4n) is 1.86. The van der Waals surface area contributed by atoms with Crippen molar-refractivity contribution >= 4 is 34.8 Å². The van der Waals surface area contributed by atoms with Gasteiger partial charge in [0.05, 0.1) is 23.2 Å². The molecule has 0 fully saturated rings. The van der Waals surface area contributed by atoms with E-state index in [9.17, 15) is 19.5 Å². The van der Waals surface area contributed by atoms with E-state index in [0.717, 1.165) is 0 Å². The van der Waals surface area contributed by atoms with Crippen molar-refractivity contribution in [2.75, 3.05) is 12.4 Å². The lowest BCUT2D eigenvalue weighted by atomic mass is 10.2. The van der Waals surface area contributed by atoms with Gasteiger partial charge in [0, 0.05) is 0 Å². The van der Waals surface area contributed by atoms with Crippen LogP contribution in [0.5, 0.6) is 5.75 Å². The normalized spacial score (nSPS) is 11.4. The van der Waals surface area contributed by atoms with Gasteiger partial charge >= 0.3 is 5.97 Å². The Balaban J connectivity index is 2.01. The highest BCUT2D eigenvalue weighted by molar-refractivity contribution is 7.12. The number of carbonyl (C=O) groups is 3. The van der Waals surface area contributed by atoms with Gasteiger partial charge in [0.1, 0.15) is 11.8 Å². The van der Waals surface area contributed by atoms with Crippen LogP contribution in [0, 0.1) is 0 Å². The number of ether oxygens (including phenoxy) is 1. The first-order valence-corrected chi connectivity index (χ1v) is 7.87. The maximum Gasteiger partial charge on any atom is 0.337 e. The molecule has 3 N–H and O–H groups in total. The fraction of sp³-hybridized carbons (Fsp3) is 0.188. The predicted octanol–water partition coefficient (Wildman–Crippen LogP) is 2.00. The first-order valence-electron chi connectivity index (χ1n) is 6.99. The second-order valence-corrected chi connectivity index (χ2v) is 5.83. The molecule has 2 rings (SSSR count). The monoisotopic (exact) mass is 348 g/mol. The molecule has 0 unspecified atom stereocenters. The minimum Gasteiger partial charge on any atom is -0.506 e. The molecule has 126 valence electrons. The predicted molar refractivity (Wildman–Crippen MR) is 89.3 cm³/mol. The quantitative estimate of drug-likeness (QED) is 0.566. The molecule has 2 amide bonds. The summed E-state index contributed by atoms with van der Waals surface area (Å²) in [6.45, 7) is 1.53. The van der Waals surface area contributed by atoms with E-state index in [2.05, 4.69) is 15.4 Å². The van der Waals surface area contributed by atoms with E-state index in [0.29, 0.717) is 4.88 Å². The van der Waals surface area contributed by atoms with Gasteiger partial charge in [0.15, 0.2) is 0 Å². The van der Waals surface area contributed by atoms with Crippen LogP contribution in [0.15, 0.2) is 35.7 Å². The van der Waals surface area contributed by atoms with Gasteiger partial charge in [-0.1, -0.05) is 6.07 Å². The zero-order chi connectivity index (χ0) is 17.7. The molecule has 24 heavy (non-hydrogen) atoms. The van der Waals surface area contributed by atoms with Gasteiger partial charge in [-0.25, -0.2) is 4.79 Å². The molecule has 1 aromatic heterocycles. The van der Waals surface area contributed by atoms with Crippen molar-refractivity contribution in [1.29, 1.82) is 0 Å². The summed E-state index contributed by atoms with van der Waals surface area (Å²) in [5, 5.41) is 16.7. The summed E-state index contributed by atoms with van der Waals surface area (Å²) in [7, 11) is 1.23. The van der Waals surface area contributed by atoms with E-state index >= 15 is 0 Å². The summed E-state index contributed by atoms with van der Waals surface area (Å²) >= 11 is 1.27. The Hall–Kier alpha value is -2.87. The highest BCUT2D eigenvalue weighted by Gasteiger charge is 2.19. The summed E-state index contributed by atoms with van der Waals surface area (Å²) in [5.41, 5.74) is 0.289. The first kappa shape index (κ1) is 17.5. The lowest BCUT2D eigenvalue weighted by Crippen LogP contribution is -2.41. The second-order valence-electron chi connectivity index (χ2n) is 4.89. The van der Waals surface area contributed by atoms with Gasteiger partial charge < -0.3 is 20.5 Å². The van der Waals surface area contributed by atoms with Crippen molar-refractivity contribution in [2.45, 2.75) is 13.0 Å². The second kappa shape index (κ2) is 7.60. The van der Waals surface area contributed by atoms with Crippen molar-refractivity contribution in [3.63, 3.8) is 0 Å². The number of benzene rings is 1. The number of hydrogen-bond donors (Lipinski definition) is 3. The van der Waals surface area contributed by atoms with E-state index < -0.39 is 17.9 Å². The number of phenols is 1. The molecule has 7 nitrogen and oxygen atoms in total. The Labute approximate surface area is 142 Å². The molecular weight excluding hydrogens is 332 g/mol. The van der Waals surface area contributed by atoms with Crippen LogP contribution in [0.3, 0.4) is 0 Å². The first-order chi connectivity index (χ1) is 11.4. The number of thiophene rings is 1. The summed E-state index contributed by atoms with van der Waals surface area (Å²) in [4.78, 5) is 35.9. The fourth-order valence-corrected chi connectivity index (χ4v) is 2.49. The molecule has 0 bridgehead atoms. The van der Waals surface area contributed by atoms with Crippen LogP contribution in [0.25, 0.3) is 0 Å². The number of methoxy groups -OCH3 is 1. The molecule has 0 saturated heterocycles. The van der Waals surface area contributed by atoms with Crippen LogP contribution in [0.1, 0.15) is 27.0 Å². The highest BCUT2D eigenvalue weighted by Crippen LogP contribution is 2.24. The Morgan fingerprint density at radius 1 is 1.25 bits per heavy atom. The van der Waals surface area contributed by atoms with Crippen molar-refractivity contribution in [3.05, 3.63) is 46.2 Å². The number of anilines is 1. The Morgan fingerprint density at radius 3 is 2.58 bits per heavy atom. The highest BCUT2D eigenvalue weighted by atomic mass is 32.1. The molecule has 0 saturated carbocycles. The molecular formula is C16H16N2O5S. The summed E-state index contributed by atoms with van der Waals surface area (Å²) in [6.07, 6.45) is 0. The van der Waals surface area contributed by atoms with Crippen molar-refractivity contribution in [1.82, 2.24) is 5.32 Å². The third-order valence-electron chi connectivity index (χ3n) is 3.16. The topological polar surface area (TPSA) is 105 Å². The van der Waals surface area contributed by atoms with Gasteiger partial charge in [-0.05, 0) is 36.6 Å². The summed E-state index contributed by atoms with van der Waals surface area (Å²) < 4.78 is 4.55. The van der Waals surface area contributed by atoms with Gasteiger partial charge in [-0.3, -0.25) is 9.59 Å². The van der Waals surface area contributed by atoms with E-state index in [4.69, 9.17) is 0 Å². The number of rotatable bonds is 5. The molecule has 1 atom stereocenters. The minimum absolute atomic E-state index is 0.130. The molecule has 0 radical (unpaired) electrons. The van der Waals surface area contributed by atoms with E-state index in [1.807, 2.05) is 0 Å². The van der Waals surface area contributed by atoms with Crippen LogP contribution >= 0.6 is 11.3 Å². The third-order valence-corrected chi connectivity index (χ3v) is 4.03. The van der Waals surface area contributed by atoms with Crippen LogP contribution in [0.2, 0.25) is 0 Å². The maximum absolute atomic E-state index is 12.1. The zero-order valence-electron chi connectivity index (χ0n) is 13.0. The van der Waals surface area contributed by atoms with Gasteiger partial charge in [-0.2, -0.15) is 0 Å². The molecule has 1 heterocycles. The van der Waals surface area contributed by atoms with Gasteiger partial charge in [0.2, 0.25) is 5.91 Å². The van der Waals surface area contributed by atoms with Crippen molar-refractivity contribution in [2.24, 2.45) is 0 Å². The summed E-state index contributed by atoms with van der Waals surface area (Å²) in [6, 6.07) is 6.58. The molecule has 2 aromatic rings. The number of esters is 1. The average Bonchev–Trinajstić information content (AvgIpc) is 3.10. The van der Waals surface area contributed by atoms with E-state index in [1.54, 1.807) is 17.5 Å². The van der Waals surface area contributed by atoms with Gasteiger partial charge in [0.25, 0.3) is 5.91 Å². The molecule has 0 aliphatic heterocycles. The number of carbonyl (C=O) groups excluding carboxylic acids is 3. The Morgan fingerprint density at radius 2 is 2.00 bits per heavy atom. The molecule has 0 spiro atoms. The lowest BCUT2D eigenvalue weighted by Gasteiger charge is -2.14. The van der Waals surface area contributed by atoms with E-state index in [1.165, 1.54) is 43.6 Å². The Kier molecular flexibility index (Phi) is 5.54. The molecule has 0 aliphatic carbocycles. The molecule has 0 aliphatic rings. The van der Waals surface area contributed by atoms with Crippen LogP contribution < -0.4 is 10.6 Å². The van der Waals surface area contributed by atoms with Gasteiger partial charge in [-0.15, -0.1) is 11.3 Å². The van der Waals surface area contributed by atoms with Crippen LogP contribution in [-0.4, -0.2) is 36.0 Å². The Bertz CT molecular complexity index is 758. The van der Waals surface area contributed by atoms with Crippen molar-refractivity contribution < 1.29 is 24.2 Å². The lowest BCUT2D eigenvalue weighted by molar-refractivity contribution is -0.117. The van der Waals surface area contributed by atoms with Crippen LogP contribution in [-0.2, 0) is 9.53 Å². The number of hydrogen-bond acceptors (Lipinski definition) is 6. The SMILES string of the molecule is COC(=O)c1ccc(NC(=O)[C@@H](C)NC(=O)c2cccs2)c(O)c1. The standard InChI is InChI=1S/C16H16N2O5S/c1-9(17-15(21)13-4-3-7-24-13)14(20)18-11-6-5-10(8-12(11)19)16(22)23-2/h3-9,19H,1-2H3,(H,17,21)(H,18,20)/t9-/m1/s1. The number of nitrogens with one attached hydrogen (secondary N) is 2. The van der Waals surface area contributed by atoms with Crippen LogP contribution in [0.4, 0.5) is 5.69 Å². The minimum atomic E-state index is -0.806. The zero-order valence-corrected chi connectivity index (χ0v) is 13.8. The van der Waals surface area contributed by atoms with E-state index in [-0.39, 0.29) is 22.9 Å². The number of phenolic OH excluding ortho intramolecular Hbond substituents is 1. The number of aromatic hydroxyl groups is 1. The maximum atomic E-state index is 12.1. The molecule has 1 aromatic carbocycles. The average molecular weight is 348 g/mol.